The maximum absolute atomic E-state index is 11.2. The number of hydrogen-bond donors (Lipinski definition) is 1. The molecule has 0 aromatic carbocycles. The summed E-state index contributed by atoms with van der Waals surface area (Å²) in [5.41, 5.74) is 0. The minimum Gasteiger partial charge on any atom is -0.374 e. The van der Waals surface area contributed by atoms with Crippen LogP contribution < -0.4 is 0 Å². The highest BCUT2D eigenvalue weighted by Crippen LogP contribution is 1.99. The summed E-state index contributed by atoms with van der Waals surface area (Å²) in [6.07, 6.45) is -0.944. The summed E-state index contributed by atoms with van der Waals surface area (Å²) < 4.78 is 0. The van der Waals surface area contributed by atoms with Crippen LogP contribution in [0.25, 0.3) is 0 Å². The first-order valence-corrected chi connectivity index (χ1v) is 3.96. The Hall–Kier alpha value is -0.900. The smallest absolute Gasteiger partial charge is 0.232 e. The van der Waals surface area contributed by atoms with Crippen LogP contribution in [0.1, 0.15) is 27.2 Å². The van der Waals surface area contributed by atoms with Crippen molar-refractivity contribution in [2.75, 3.05) is 6.54 Å². The fourth-order valence-electron chi connectivity index (χ4n) is 0.963. The second-order valence-electron chi connectivity index (χ2n) is 2.69. The molecule has 0 heterocycles. The number of aliphatic hydroxyl groups is 1. The van der Waals surface area contributed by atoms with Crippen molar-refractivity contribution in [3.63, 3.8) is 0 Å². The van der Waals surface area contributed by atoms with Crippen LogP contribution in [0, 0.1) is 0 Å². The quantitative estimate of drug-likeness (QED) is 0.486. The van der Waals surface area contributed by atoms with E-state index >= 15 is 0 Å². The summed E-state index contributed by atoms with van der Waals surface area (Å²) in [5.74, 6) is -0.501. The number of Topliss-reactive ketones (excluding diaryl/α,β-unsaturated/α-hetero) is 1. The molecule has 0 fully saturated rings. The van der Waals surface area contributed by atoms with E-state index in [4.69, 9.17) is 5.11 Å². The van der Waals surface area contributed by atoms with E-state index in [9.17, 15) is 9.59 Å². The van der Waals surface area contributed by atoms with Gasteiger partial charge in [0.25, 0.3) is 0 Å². The van der Waals surface area contributed by atoms with E-state index in [-0.39, 0.29) is 18.1 Å². The molecule has 1 unspecified atom stereocenters. The monoisotopic (exact) mass is 173 g/mol. The van der Waals surface area contributed by atoms with E-state index in [1.54, 1.807) is 6.92 Å². The van der Waals surface area contributed by atoms with Gasteiger partial charge in [0.15, 0.2) is 0 Å². The molecular formula is C8H15NO3. The van der Waals surface area contributed by atoms with Crippen LogP contribution in [0.15, 0.2) is 0 Å². The van der Waals surface area contributed by atoms with Crippen LogP contribution in [0.4, 0.5) is 0 Å². The molecule has 1 atom stereocenters. The molecule has 0 aliphatic rings. The van der Waals surface area contributed by atoms with Gasteiger partial charge in [0.2, 0.25) is 5.91 Å². The number of rotatable bonds is 4. The van der Waals surface area contributed by atoms with Crippen LogP contribution in [0.2, 0.25) is 0 Å². The maximum atomic E-state index is 11.2. The number of aliphatic hydroxyl groups excluding tert-OH is 1. The number of hydrogen-bond acceptors (Lipinski definition) is 3. The fourth-order valence-corrected chi connectivity index (χ4v) is 0.963. The highest BCUT2D eigenvalue weighted by Gasteiger charge is 2.16. The van der Waals surface area contributed by atoms with E-state index in [0.717, 1.165) is 0 Å². The molecule has 0 saturated heterocycles. The molecule has 0 bridgehead atoms. The van der Waals surface area contributed by atoms with Gasteiger partial charge in [0.05, 0.1) is 6.42 Å². The largest absolute Gasteiger partial charge is 0.374 e. The predicted octanol–water partition coefficient (Wildman–Crippen LogP) is 0.152. The fraction of sp³-hybridized carbons (Fsp3) is 0.750. The Kier molecular flexibility index (Phi) is 4.51. The topological polar surface area (TPSA) is 57.6 Å². The van der Waals surface area contributed by atoms with Crippen LogP contribution >= 0.6 is 0 Å². The van der Waals surface area contributed by atoms with Crippen LogP contribution in [-0.4, -0.2) is 34.5 Å². The van der Waals surface area contributed by atoms with Crippen LogP contribution in [-0.2, 0) is 9.59 Å². The number of carbonyl (C=O) groups is 2. The van der Waals surface area contributed by atoms with Crippen LogP contribution in [0.5, 0.6) is 0 Å². The lowest BCUT2D eigenvalue weighted by Crippen LogP contribution is -2.38. The molecule has 0 radical (unpaired) electrons. The number of ketones is 1. The Morgan fingerprint density at radius 1 is 1.50 bits per heavy atom. The highest BCUT2D eigenvalue weighted by atomic mass is 16.3. The van der Waals surface area contributed by atoms with Crippen molar-refractivity contribution in [2.45, 2.75) is 33.4 Å². The number of amides is 1. The molecule has 0 aromatic rings. The van der Waals surface area contributed by atoms with Gasteiger partial charge in [-0.15, -0.1) is 0 Å². The molecule has 4 heteroatoms. The Labute approximate surface area is 72.2 Å². The molecule has 70 valence electrons. The minimum atomic E-state index is -0.818. The van der Waals surface area contributed by atoms with Crippen molar-refractivity contribution in [1.29, 1.82) is 0 Å². The zero-order valence-corrected chi connectivity index (χ0v) is 7.70. The number of nitrogens with zero attached hydrogens (tertiary/aromatic N) is 1. The van der Waals surface area contributed by atoms with Gasteiger partial charge in [-0.25, -0.2) is 0 Å². The third-order valence-corrected chi connectivity index (χ3v) is 1.51. The first-order valence-electron chi connectivity index (χ1n) is 3.96. The lowest BCUT2D eigenvalue weighted by atomic mass is 10.2. The van der Waals surface area contributed by atoms with E-state index in [1.165, 1.54) is 18.7 Å². The summed E-state index contributed by atoms with van der Waals surface area (Å²) in [6, 6.07) is 0. The Bertz CT molecular complexity index is 177. The molecule has 0 spiro atoms. The number of carbonyl (C=O) groups excluding carboxylic acids is 2. The van der Waals surface area contributed by atoms with E-state index in [1.807, 2.05) is 0 Å². The van der Waals surface area contributed by atoms with Gasteiger partial charge in [-0.3, -0.25) is 9.59 Å². The first-order chi connectivity index (χ1) is 5.49. The molecule has 0 aromatic heterocycles. The summed E-state index contributed by atoms with van der Waals surface area (Å²) in [7, 11) is 0. The standard InChI is InChI=1S/C8H15NO3/c1-4-9(7(3)11)8(12)5-6(2)10/h7,11H,4-5H2,1-3H3. The second-order valence-corrected chi connectivity index (χ2v) is 2.69. The summed E-state index contributed by atoms with van der Waals surface area (Å²) in [6.45, 7) is 5.03. The maximum Gasteiger partial charge on any atom is 0.232 e. The molecule has 12 heavy (non-hydrogen) atoms. The third kappa shape index (κ3) is 3.48. The highest BCUT2D eigenvalue weighted by molar-refractivity contribution is 5.96. The van der Waals surface area contributed by atoms with Gasteiger partial charge < -0.3 is 10.0 Å². The molecule has 0 aliphatic carbocycles. The molecule has 4 nitrogen and oxygen atoms in total. The van der Waals surface area contributed by atoms with Gasteiger partial charge in [-0.05, 0) is 20.8 Å². The summed E-state index contributed by atoms with van der Waals surface area (Å²) in [4.78, 5) is 23.0. The first kappa shape index (κ1) is 11.1. The lowest BCUT2D eigenvalue weighted by molar-refractivity contribution is -0.142. The van der Waals surface area contributed by atoms with Crippen molar-refractivity contribution in [1.82, 2.24) is 4.90 Å². The molecule has 0 rings (SSSR count). The van der Waals surface area contributed by atoms with Gasteiger partial charge in [-0.2, -0.15) is 0 Å². The van der Waals surface area contributed by atoms with E-state index in [0.29, 0.717) is 6.54 Å². The van der Waals surface area contributed by atoms with Crippen molar-refractivity contribution < 1.29 is 14.7 Å². The van der Waals surface area contributed by atoms with Crippen LogP contribution in [0.3, 0.4) is 0 Å². The van der Waals surface area contributed by atoms with Gasteiger partial charge in [0, 0.05) is 6.54 Å². The molecule has 1 N–H and O–H groups in total. The predicted molar refractivity (Wildman–Crippen MR) is 44.4 cm³/mol. The van der Waals surface area contributed by atoms with Crippen molar-refractivity contribution in [3.05, 3.63) is 0 Å². The van der Waals surface area contributed by atoms with Gasteiger partial charge in [-0.1, -0.05) is 0 Å². The minimum absolute atomic E-state index is 0.126. The normalized spacial score (nSPS) is 12.3. The molecular weight excluding hydrogens is 158 g/mol. The summed E-state index contributed by atoms with van der Waals surface area (Å²) >= 11 is 0. The van der Waals surface area contributed by atoms with Gasteiger partial charge in [0.1, 0.15) is 12.0 Å². The average Bonchev–Trinajstić information content (AvgIpc) is 1.85. The van der Waals surface area contributed by atoms with Crippen molar-refractivity contribution in [3.8, 4) is 0 Å². The SMILES string of the molecule is CCN(C(=O)CC(C)=O)C(C)O. The Morgan fingerprint density at radius 2 is 2.00 bits per heavy atom. The third-order valence-electron chi connectivity index (χ3n) is 1.51. The van der Waals surface area contributed by atoms with E-state index in [2.05, 4.69) is 0 Å². The summed E-state index contributed by atoms with van der Waals surface area (Å²) in [5, 5.41) is 9.09. The van der Waals surface area contributed by atoms with Crippen molar-refractivity contribution in [2.24, 2.45) is 0 Å². The zero-order valence-electron chi connectivity index (χ0n) is 7.70. The Balaban J connectivity index is 4.12. The molecule has 0 aliphatic heterocycles. The molecule has 1 amide bonds. The van der Waals surface area contributed by atoms with Crippen molar-refractivity contribution >= 4 is 11.7 Å². The average molecular weight is 173 g/mol. The second kappa shape index (κ2) is 4.87. The molecule has 0 saturated carbocycles. The van der Waals surface area contributed by atoms with Gasteiger partial charge >= 0.3 is 0 Å². The lowest BCUT2D eigenvalue weighted by Gasteiger charge is -2.23. The van der Waals surface area contributed by atoms with E-state index < -0.39 is 6.23 Å². The Morgan fingerprint density at radius 3 is 2.25 bits per heavy atom. The zero-order chi connectivity index (χ0) is 9.72.